The number of esters is 1. The third kappa shape index (κ3) is 6.62. The average Bonchev–Trinajstić information content (AvgIpc) is 2.86. The molecular formula is C28H28ClN3O3. The van der Waals surface area contributed by atoms with Crippen LogP contribution in [0.2, 0.25) is 5.02 Å². The van der Waals surface area contributed by atoms with Crippen LogP contribution >= 0.6 is 11.6 Å². The van der Waals surface area contributed by atoms with E-state index in [9.17, 15) is 9.59 Å². The van der Waals surface area contributed by atoms with Crippen LogP contribution in [-0.4, -0.2) is 25.0 Å². The first kappa shape index (κ1) is 25.8. The van der Waals surface area contributed by atoms with E-state index < -0.39 is 11.9 Å². The van der Waals surface area contributed by atoms with E-state index in [-0.39, 0.29) is 18.9 Å². The molecule has 35 heavy (non-hydrogen) atoms. The lowest BCUT2D eigenvalue weighted by atomic mass is 9.79. The number of nitrogens with one attached hydrogen (secondary N) is 2. The summed E-state index contributed by atoms with van der Waals surface area (Å²) in [5.74, 6) is -1.52. The minimum Gasteiger partial charge on any atom is -0.461 e. The molecule has 2 N–H and O–H groups in total. The summed E-state index contributed by atoms with van der Waals surface area (Å²) in [7, 11) is 0. The molecular weight excluding hydrogens is 462 g/mol. The summed E-state index contributed by atoms with van der Waals surface area (Å²) in [6, 6.07) is 18.9. The van der Waals surface area contributed by atoms with Crippen LogP contribution in [-0.2, 0) is 14.3 Å². The van der Waals surface area contributed by atoms with Crippen LogP contribution in [0, 0.1) is 11.3 Å². The number of ether oxygens (including phenoxy) is 1. The number of dihydropyridines is 1. The van der Waals surface area contributed by atoms with Crippen LogP contribution < -0.4 is 10.6 Å². The number of carbonyl (C=O) groups is 2. The Morgan fingerprint density at radius 2 is 1.94 bits per heavy atom. The smallest absolute Gasteiger partial charge is 0.336 e. The van der Waals surface area contributed by atoms with Crippen molar-refractivity contribution in [3.8, 4) is 6.07 Å². The summed E-state index contributed by atoms with van der Waals surface area (Å²) in [6.07, 6.45) is 4.46. The van der Waals surface area contributed by atoms with E-state index in [0.29, 0.717) is 40.4 Å². The molecule has 1 unspecified atom stereocenters. The van der Waals surface area contributed by atoms with E-state index in [1.54, 1.807) is 25.1 Å². The Morgan fingerprint density at radius 1 is 1.17 bits per heavy atom. The van der Waals surface area contributed by atoms with Gasteiger partial charge in [-0.15, -0.1) is 0 Å². The lowest BCUT2D eigenvalue weighted by molar-refractivity contribution is -0.139. The molecule has 1 aliphatic heterocycles. The van der Waals surface area contributed by atoms with Crippen molar-refractivity contribution < 1.29 is 14.3 Å². The Labute approximate surface area is 210 Å². The van der Waals surface area contributed by atoms with Crippen molar-refractivity contribution in [1.29, 1.82) is 5.26 Å². The molecule has 0 aromatic heterocycles. The van der Waals surface area contributed by atoms with E-state index in [0.717, 1.165) is 11.3 Å². The van der Waals surface area contributed by atoms with Crippen molar-refractivity contribution in [3.05, 3.63) is 99.4 Å². The van der Waals surface area contributed by atoms with Gasteiger partial charge in [-0.2, -0.15) is 5.26 Å². The molecule has 0 aliphatic carbocycles. The highest BCUT2D eigenvalue weighted by atomic mass is 35.5. The number of hydrogen-bond acceptors (Lipinski definition) is 5. The largest absolute Gasteiger partial charge is 0.461 e. The van der Waals surface area contributed by atoms with Crippen LogP contribution in [0.25, 0.3) is 6.08 Å². The Hall–Kier alpha value is -3.82. The summed E-state index contributed by atoms with van der Waals surface area (Å²) < 4.78 is 5.36. The molecule has 180 valence electrons. The molecule has 1 heterocycles. The van der Waals surface area contributed by atoms with Crippen molar-refractivity contribution in [1.82, 2.24) is 10.6 Å². The molecule has 1 amide bonds. The number of allylic oxidation sites excluding steroid dienone is 2. The van der Waals surface area contributed by atoms with Crippen molar-refractivity contribution >= 4 is 29.6 Å². The molecule has 0 radical (unpaired) electrons. The average molecular weight is 490 g/mol. The quantitative estimate of drug-likeness (QED) is 0.370. The second kappa shape index (κ2) is 12.6. The number of rotatable bonds is 9. The van der Waals surface area contributed by atoms with E-state index in [2.05, 4.69) is 10.6 Å². The van der Waals surface area contributed by atoms with Crippen molar-refractivity contribution in [3.63, 3.8) is 0 Å². The first-order chi connectivity index (χ1) is 17.0. The number of nitrogens with zero attached hydrogens (tertiary/aromatic N) is 1. The minimum absolute atomic E-state index is 0.0233. The van der Waals surface area contributed by atoms with E-state index in [1.165, 1.54) is 0 Å². The Morgan fingerprint density at radius 3 is 2.63 bits per heavy atom. The van der Waals surface area contributed by atoms with Gasteiger partial charge in [0.1, 0.15) is 6.61 Å². The van der Waals surface area contributed by atoms with Crippen LogP contribution in [0.15, 0.2) is 83.2 Å². The van der Waals surface area contributed by atoms with Gasteiger partial charge in [-0.25, -0.2) is 4.79 Å². The van der Waals surface area contributed by atoms with Gasteiger partial charge < -0.3 is 15.4 Å². The molecule has 3 rings (SSSR count). The predicted octanol–water partition coefficient (Wildman–Crippen LogP) is 5.25. The van der Waals surface area contributed by atoms with E-state index in [4.69, 9.17) is 21.6 Å². The zero-order valence-corrected chi connectivity index (χ0v) is 20.6. The lowest BCUT2D eigenvalue weighted by Crippen LogP contribution is -2.37. The number of nitriles is 1. The Kier molecular flexibility index (Phi) is 9.28. The van der Waals surface area contributed by atoms with Crippen LogP contribution in [0.4, 0.5) is 0 Å². The van der Waals surface area contributed by atoms with Gasteiger partial charge in [-0.1, -0.05) is 73.1 Å². The highest BCUT2D eigenvalue weighted by Crippen LogP contribution is 2.40. The molecule has 1 aliphatic rings. The van der Waals surface area contributed by atoms with Crippen molar-refractivity contribution in [2.75, 3.05) is 13.2 Å². The second-order valence-corrected chi connectivity index (χ2v) is 8.40. The fourth-order valence-corrected chi connectivity index (χ4v) is 4.21. The molecule has 0 saturated heterocycles. The van der Waals surface area contributed by atoms with Gasteiger partial charge in [0.2, 0.25) is 5.91 Å². The molecule has 0 spiro atoms. The SMILES string of the molecule is CCC1=C(C(=O)NCC=Cc2ccccc2)C(c2cccc(Cl)c2)C(C(=O)OCCC#N)=C(C)N1. The lowest BCUT2D eigenvalue weighted by Gasteiger charge is -2.32. The first-order valence-electron chi connectivity index (χ1n) is 11.5. The Balaban J connectivity index is 1.94. The third-order valence-corrected chi connectivity index (χ3v) is 5.82. The monoisotopic (exact) mass is 489 g/mol. The van der Waals surface area contributed by atoms with Gasteiger partial charge >= 0.3 is 5.97 Å². The maximum absolute atomic E-state index is 13.5. The normalized spacial score (nSPS) is 15.5. The van der Waals surface area contributed by atoms with Gasteiger partial charge in [0, 0.05) is 28.5 Å². The number of hydrogen-bond donors (Lipinski definition) is 2. The van der Waals surface area contributed by atoms with Gasteiger partial charge in [0.25, 0.3) is 0 Å². The molecule has 2 aromatic carbocycles. The molecule has 6 nitrogen and oxygen atoms in total. The molecule has 1 atom stereocenters. The molecule has 7 heteroatoms. The van der Waals surface area contributed by atoms with Gasteiger partial charge in [0.05, 0.1) is 24.0 Å². The van der Waals surface area contributed by atoms with Crippen LogP contribution in [0.3, 0.4) is 0 Å². The summed E-state index contributed by atoms with van der Waals surface area (Å²) in [6.45, 7) is 4.03. The topological polar surface area (TPSA) is 91.2 Å². The molecule has 0 fully saturated rings. The van der Waals surface area contributed by atoms with Crippen LogP contribution in [0.1, 0.15) is 43.7 Å². The number of benzene rings is 2. The zero-order chi connectivity index (χ0) is 25.2. The van der Waals surface area contributed by atoms with Crippen molar-refractivity contribution in [2.45, 2.75) is 32.6 Å². The fraction of sp³-hybridized carbons (Fsp3) is 0.250. The van der Waals surface area contributed by atoms with E-state index >= 15 is 0 Å². The Bertz CT molecular complexity index is 1210. The molecule has 0 saturated carbocycles. The number of amides is 1. The molecule has 0 bridgehead atoms. The number of carbonyl (C=O) groups excluding carboxylic acids is 2. The summed E-state index contributed by atoms with van der Waals surface area (Å²) in [5, 5.41) is 15.5. The van der Waals surface area contributed by atoms with Crippen LogP contribution in [0.5, 0.6) is 0 Å². The highest BCUT2D eigenvalue weighted by Gasteiger charge is 2.37. The van der Waals surface area contributed by atoms with E-state index in [1.807, 2.05) is 61.5 Å². The second-order valence-electron chi connectivity index (χ2n) is 7.96. The third-order valence-electron chi connectivity index (χ3n) is 5.58. The van der Waals surface area contributed by atoms with Gasteiger partial charge in [0.15, 0.2) is 0 Å². The summed E-state index contributed by atoms with van der Waals surface area (Å²) in [5.41, 5.74) is 3.85. The van der Waals surface area contributed by atoms with Gasteiger partial charge in [-0.3, -0.25) is 4.79 Å². The summed E-state index contributed by atoms with van der Waals surface area (Å²) in [4.78, 5) is 26.6. The summed E-state index contributed by atoms with van der Waals surface area (Å²) >= 11 is 6.28. The van der Waals surface area contributed by atoms with Crippen molar-refractivity contribution in [2.24, 2.45) is 0 Å². The van der Waals surface area contributed by atoms with Gasteiger partial charge in [-0.05, 0) is 36.6 Å². The number of halogens is 1. The minimum atomic E-state index is -0.669. The maximum atomic E-state index is 13.5. The fourth-order valence-electron chi connectivity index (χ4n) is 4.01. The first-order valence-corrected chi connectivity index (χ1v) is 11.8. The maximum Gasteiger partial charge on any atom is 0.336 e. The standard InChI is InChI=1S/C28H28ClN3O3/c1-3-23-26(27(33)31-16-8-12-20-10-5-4-6-11-20)25(21-13-7-14-22(29)18-21)24(19(2)32-23)28(34)35-17-9-15-30/h4-8,10-14,18,25,32H,3,9,16-17H2,1-2H3,(H,31,33). The predicted molar refractivity (Wildman–Crippen MR) is 137 cm³/mol. The molecule has 2 aromatic rings. The zero-order valence-electron chi connectivity index (χ0n) is 19.8. The highest BCUT2D eigenvalue weighted by molar-refractivity contribution is 6.30.